The van der Waals surface area contributed by atoms with E-state index in [1.165, 1.54) is 35.0 Å². The lowest BCUT2D eigenvalue weighted by Crippen LogP contribution is -2.40. The Bertz CT molecular complexity index is 1820. The molecule has 4 rings (SSSR count). The van der Waals surface area contributed by atoms with Crippen LogP contribution in [0.5, 0.6) is 0 Å². The number of hydrogen-bond donors (Lipinski definition) is 4. The van der Waals surface area contributed by atoms with Gasteiger partial charge < -0.3 is 5.32 Å². The summed E-state index contributed by atoms with van der Waals surface area (Å²) in [5, 5.41) is 16.1. The number of hydroxylamine groups is 1. The van der Waals surface area contributed by atoms with Crippen LogP contribution in [0.4, 0.5) is 8.78 Å². The predicted octanol–water partition coefficient (Wildman–Crippen LogP) is 3.89. The summed E-state index contributed by atoms with van der Waals surface area (Å²) in [5.41, 5.74) is 2.49. The first-order chi connectivity index (χ1) is 21.9. The minimum atomic E-state index is -4.31. The van der Waals surface area contributed by atoms with Crippen LogP contribution in [0.25, 0.3) is 11.1 Å². The Morgan fingerprint density at radius 2 is 1.63 bits per heavy atom. The fourth-order valence-electron chi connectivity index (χ4n) is 5.01. The summed E-state index contributed by atoms with van der Waals surface area (Å²) in [6, 6.07) is 17.5. The summed E-state index contributed by atoms with van der Waals surface area (Å²) >= 11 is 0. The molecule has 0 saturated heterocycles. The van der Waals surface area contributed by atoms with Crippen LogP contribution >= 0.6 is 0 Å². The van der Waals surface area contributed by atoms with Crippen molar-refractivity contribution in [2.24, 2.45) is 0 Å². The Morgan fingerprint density at radius 3 is 2.26 bits per heavy atom. The molecule has 3 aromatic carbocycles. The molecule has 14 heteroatoms. The van der Waals surface area contributed by atoms with Crippen molar-refractivity contribution in [3.05, 3.63) is 107 Å². The van der Waals surface area contributed by atoms with Gasteiger partial charge in [-0.3, -0.25) is 24.3 Å². The monoisotopic (exact) mass is 653 g/mol. The van der Waals surface area contributed by atoms with Gasteiger partial charge in [0.05, 0.1) is 11.4 Å². The zero-order valence-corrected chi connectivity index (χ0v) is 25.9. The van der Waals surface area contributed by atoms with Gasteiger partial charge in [-0.15, -0.1) is 0 Å². The molecular weight excluding hydrogens is 620 g/mol. The van der Waals surface area contributed by atoms with E-state index in [-0.39, 0.29) is 40.2 Å². The number of halogens is 2. The van der Waals surface area contributed by atoms with Gasteiger partial charge in [-0.1, -0.05) is 61.9 Å². The standard InChI is InChI=1S/C32H33F2N5O6S/c1-3-9-24-18-29(32(42)35-23(17-31(41)37-43)14-21-10-5-4-6-11-21)36-39(24)19-26-27(33)15-22(16-28(26)34)25-12-7-8-13-30(25)46(44,45)38-20(2)40/h4-8,10-13,15-16,18,23,43H,3,9,14,17,19H2,1-2H3,(H,35,42)(H,37,41)(H,38,40)/t23-/m1/s1. The lowest BCUT2D eigenvalue weighted by Gasteiger charge is -2.17. The lowest BCUT2D eigenvalue weighted by molar-refractivity contribution is -0.129. The molecule has 0 aliphatic carbocycles. The highest BCUT2D eigenvalue weighted by Gasteiger charge is 2.24. The third-order valence-corrected chi connectivity index (χ3v) is 8.52. The molecule has 46 heavy (non-hydrogen) atoms. The third-order valence-electron chi connectivity index (χ3n) is 7.03. The normalized spacial score (nSPS) is 11.9. The Morgan fingerprint density at radius 1 is 0.978 bits per heavy atom. The van der Waals surface area contributed by atoms with E-state index in [1.807, 2.05) is 42.0 Å². The van der Waals surface area contributed by atoms with Crippen LogP contribution in [-0.4, -0.2) is 47.2 Å². The van der Waals surface area contributed by atoms with Crippen LogP contribution in [0.3, 0.4) is 0 Å². The van der Waals surface area contributed by atoms with E-state index in [0.29, 0.717) is 25.0 Å². The highest BCUT2D eigenvalue weighted by atomic mass is 32.2. The zero-order valence-electron chi connectivity index (χ0n) is 25.1. The molecule has 0 bridgehead atoms. The number of benzene rings is 3. The molecule has 3 amide bonds. The molecule has 0 fully saturated rings. The van der Waals surface area contributed by atoms with Crippen LogP contribution < -0.4 is 15.5 Å². The van der Waals surface area contributed by atoms with Crippen LogP contribution in [0, 0.1) is 11.6 Å². The summed E-state index contributed by atoms with van der Waals surface area (Å²) in [4.78, 5) is 36.3. The second-order valence-corrected chi connectivity index (χ2v) is 12.3. The Balaban J connectivity index is 1.62. The van der Waals surface area contributed by atoms with Crippen molar-refractivity contribution in [3.63, 3.8) is 0 Å². The number of carbonyl (C=O) groups excluding carboxylic acids is 3. The van der Waals surface area contributed by atoms with Crippen molar-refractivity contribution in [3.8, 4) is 11.1 Å². The fourth-order valence-corrected chi connectivity index (χ4v) is 6.23. The molecule has 242 valence electrons. The minimum absolute atomic E-state index is 0.00902. The average Bonchev–Trinajstić information content (AvgIpc) is 3.41. The molecule has 0 spiro atoms. The molecule has 1 aromatic heterocycles. The maximum absolute atomic E-state index is 15.5. The van der Waals surface area contributed by atoms with Crippen LogP contribution in [-0.2, 0) is 39.0 Å². The van der Waals surface area contributed by atoms with Gasteiger partial charge in [-0.05, 0) is 48.2 Å². The second-order valence-electron chi connectivity index (χ2n) is 10.6. The van der Waals surface area contributed by atoms with Gasteiger partial charge in [0.2, 0.25) is 11.8 Å². The quantitative estimate of drug-likeness (QED) is 0.126. The van der Waals surface area contributed by atoms with Gasteiger partial charge in [-0.2, -0.15) is 5.10 Å². The van der Waals surface area contributed by atoms with E-state index in [0.717, 1.165) is 24.6 Å². The average molecular weight is 654 g/mol. The van der Waals surface area contributed by atoms with Gasteiger partial charge in [0.1, 0.15) is 17.3 Å². The van der Waals surface area contributed by atoms with E-state index in [9.17, 15) is 22.8 Å². The van der Waals surface area contributed by atoms with Crippen molar-refractivity contribution in [2.75, 3.05) is 0 Å². The topological polar surface area (TPSA) is 159 Å². The smallest absolute Gasteiger partial charge is 0.272 e. The number of amides is 3. The Kier molecular flexibility index (Phi) is 11.0. The summed E-state index contributed by atoms with van der Waals surface area (Å²) in [6.07, 6.45) is 1.16. The van der Waals surface area contributed by atoms with Gasteiger partial charge in [0, 0.05) is 36.2 Å². The van der Waals surface area contributed by atoms with Crippen molar-refractivity contribution in [1.82, 2.24) is 25.3 Å². The van der Waals surface area contributed by atoms with Gasteiger partial charge in [0.15, 0.2) is 0 Å². The second kappa shape index (κ2) is 14.9. The van der Waals surface area contributed by atoms with Gasteiger partial charge in [-0.25, -0.2) is 27.4 Å². The first kappa shape index (κ1) is 33.9. The molecule has 0 saturated carbocycles. The number of rotatable bonds is 13. The van der Waals surface area contributed by atoms with Crippen molar-refractivity contribution >= 4 is 27.7 Å². The van der Waals surface area contributed by atoms with Gasteiger partial charge in [0.25, 0.3) is 15.9 Å². The molecule has 4 aromatic rings. The molecule has 0 aliphatic rings. The number of aromatic nitrogens is 2. The highest BCUT2D eigenvalue weighted by Crippen LogP contribution is 2.30. The van der Waals surface area contributed by atoms with E-state index >= 15 is 8.78 Å². The maximum atomic E-state index is 15.5. The number of sulfonamides is 1. The molecule has 4 N–H and O–H groups in total. The summed E-state index contributed by atoms with van der Waals surface area (Å²) in [5.74, 6) is -4.06. The summed E-state index contributed by atoms with van der Waals surface area (Å²) in [6.45, 7) is 2.56. The van der Waals surface area contributed by atoms with E-state index in [4.69, 9.17) is 5.21 Å². The number of hydrogen-bond acceptors (Lipinski definition) is 7. The van der Waals surface area contributed by atoms with Crippen LogP contribution in [0.1, 0.15) is 54.0 Å². The molecule has 1 atom stereocenters. The predicted molar refractivity (Wildman–Crippen MR) is 164 cm³/mol. The first-order valence-electron chi connectivity index (χ1n) is 14.4. The molecule has 0 radical (unpaired) electrons. The molecule has 1 heterocycles. The highest BCUT2D eigenvalue weighted by molar-refractivity contribution is 7.90. The SMILES string of the molecule is CCCc1cc(C(=O)N[C@@H](CC(=O)NO)Cc2ccccc2)nn1Cc1c(F)cc(-c2ccccc2S(=O)(=O)NC(C)=O)cc1F. The number of carbonyl (C=O) groups is 3. The third kappa shape index (κ3) is 8.40. The zero-order chi connectivity index (χ0) is 33.4. The fraction of sp³-hybridized carbons (Fsp3) is 0.250. The molecule has 11 nitrogen and oxygen atoms in total. The van der Waals surface area contributed by atoms with E-state index in [1.54, 1.807) is 5.48 Å². The molecule has 0 aliphatic heterocycles. The van der Waals surface area contributed by atoms with Crippen molar-refractivity contribution in [1.29, 1.82) is 0 Å². The van der Waals surface area contributed by atoms with E-state index in [2.05, 4.69) is 10.4 Å². The summed E-state index contributed by atoms with van der Waals surface area (Å²) in [7, 11) is -4.31. The van der Waals surface area contributed by atoms with Crippen molar-refractivity contribution in [2.45, 2.75) is 57.0 Å². The minimum Gasteiger partial charge on any atom is -0.347 e. The maximum Gasteiger partial charge on any atom is 0.272 e. The molecule has 0 unspecified atom stereocenters. The lowest BCUT2D eigenvalue weighted by atomic mass is 10.0. The number of aryl methyl sites for hydroxylation is 1. The van der Waals surface area contributed by atoms with Crippen LogP contribution in [0.2, 0.25) is 0 Å². The first-order valence-corrected chi connectivity index (χ1v) is 15.8. The summed E-state index contributed by atoms with van der Waals surface area (Å²) < 4.78 is 59.6. The Hall–Kier alpha value is -4.95. The van der Waals surface area contributed by atoms with E-state index < -0.39 is 45.4 Å². The van der Waals surface area contributed by atoms with Crippen LogP contribution in [0.15, 0.2) is 77.7 Å². The number of nitrogens with zero attached hydrogens (tertiary/aromatic N) is 2. The number of nitrogens with one attached hydrogen (secondary N) is 3. The molecular formula is C32H33F2N5O6S. The van der Waals surface area contributed by atoms with Crippen molar-refractivity contribution < 1.29 is 36.8 Å². The van der Waals surface area contributed by atoms with Gasteiger partial charge >= 0.3 is 0 Å². The largest absolute Gasteiger partial charge is 0.347 e. The Labute approximate surface area is 264 Å².